The Morgan fingerprint density at radius 1 is 1.07 bits per heavy atom. The first-order valence-electron chi connectivity index (χ1n) is 7.98. The smallest absolute Gasteiger partial charge is 0.289 e. The van der Waals surface area contributed by atoms with Gasteiger partial charge in [0.05, 0.1) is 11.9 Å². The number of hydrazine groups is 1. The highest BCUT2D eigenvalue weighted by Crippen LogP contribution is 2.20. The van der Waals surface area contributed by atoms with E-state index in [-0.39, 0.29) is 5.69 Å². The van der Waals surface area contributed by atoms with Crippen molar-refractivity contribution in [2.45, 2.75) is 17.8 Å². The summed E-state index contributed by atoms with van der Waals surface area (Å²) < 4.78 is 1.84. The molecule has 0 unspecified atom stereocenters. The van der Waals surface area contributed by atoms with Crippen LogP contribution in [0.1, 0.15) is 32.1 Å². The standard InChI is InChI=1S/C17H17N7O2S/c1-11-7-19-14(8-18-11)16(26)22-21-15(25)13-5-3-12(4-6-13)9-27-17-23-20-10-24(17)2/h3-8,10H,9H2,1-2H3,(H,21,25)(H,22,26). The molecule has 0 saturated carbocycles. The van der Waals surface area contributed by atoms with Crippen molar-refractivity contribution < 1.29 is 9.59 Å². The summed E-state index contributed by atoms with van der Waals surface area (Å²) in [4.78, 5) is 32.0. The highest BCUT2D eigenvalue weighted by atomic mass is 32.2. The number of carbonyl (C=O) groups excluding carboxylic acids is 2. The molecule has 0 atom stereocenters. The van der Waals surface area contributed by atoms with E-state index in [9.17, 15) is 9.59 Å². The van der Waals surface area contributed by atoms with Gasteiger partial charge in [0.1, 0.15) is 12.0 Å². The van der Waals surface area contributed by atoms with Crippen LogP contribution in [0.2, 0.25) is 0 Å². The average Bonchev–Trinajstić information content (AvgIpc) is 3.10. The molecule has 2 N–H and O–H groups in total. The predicted octanol–water partition coefficient (Wildman–Crippen LogP) is 1.28. The van der Waals surface area contributed by atoms with Crippen LogP contribution in [0.5, 0.6) is 0 Å². The summed E-state index contributed by atoms with van der Waals surface area (Å²) in [6.07, 6.45) is 4.47. The molecule has 3 rings (SSSR count). The molecule has 10 heteroatoms. The average molecular weight is 383 g/mol. The number of hydrogen-bond donors (Lipinski definition) is 2. The van der Waals surface area contributed by atoms with Gasteiger partial charge in [0.2, 0.25) is 0 Å². The van der Waals surface area contributed by atoms with E-state index in [1.165, 1.54) is 12.4 Å². The van der Waals surface area contributed by atoms with E-state index < -0.39 is 11.8 Å². The van der Waals surface area contributed by atoms with Gasteiger partial charge in [-0.15, -0.1) is 10.2 Å². The van der Waals surface area contributed by atoms with Crippen molar-refractivity contribution in [1.82, 2.24) is 35.6 Å². The highest BCUT2D eigenvalue weighted by molar-refractivity contribution is 7.98. The second-order valence-corrected chi connectivity index (χ2v) is 6.60. The number of benzene rings is 1. The molecule has 0 fully saturated rings. The monoisotopic (exact) mass is 383 g/mol. The van der Waals surface area contributed by atoms with Crippen molar-refractivity contribution in [3.63, 3.8) is 0 Å². The third-order valence-electron chi connectivity index (χ3n) is 3.56. The van der Waals surface area contributed by atoms with E-state index in [0.29, 0.717) is 17.0 Å². The fourth-order valence-corrected chi connectivity index (χ4v) is 2.91. The van der Waals surface area contributed by atoms with Crippen LogP contribution in [0.15, 0.2) is 48.1 Å². The Balaban J connectivity index is 1.52. The molecule has 0 radical (unpaired) electrons. The molecule has 27 heavy (non-hydrogen) atoms. The van der Waals surface area contributed by atoms with E-state index in [2.05, 4.69) is 31.0 Å². The zero-order valence-electron chi connectivity index (χ0n) is 14.7. The molecule has 0 saturated heterocycles. The molecule has 1 aromatic carbocycles. The number of nitrogens with one attached hydrogen (secondary N) is 2. The number of carbonyl (C=O) groups is 2. The normalized spacial score (nSPS) is 10.4. The minimum Gasteiger partial charge on any atom is -0.312 e. The van der Waals surface area contributed by atoms with Crippen LogP contribution >= 0.6 is 11.8 Å². The van der Waals surface area contributed by atoms with Crippen LogP contribution in [-0.4, -0.2) is 36.5 Å². The van der Waals surface area contributed by atoms with E-state index >= 15 is 0 Å². The first kappa shape index (κ1) is 18.5. The largest absolute Gasteiger partial charge is 0.312 e. The van der Waals surface area contributed by atoms with Crippen LogP contribution < -0.4 is 10.9 Å². The lowest BCUT2D eigenvalue weighted by Gasteiger charge is -2.07. The molecule has 3 aromatic rings. The lowest BCUT2D eigenvalue weighted by Crippen LogP contribution is -2.42. The molecule has 2 heterocycles. The van der Waals surface area contributed by atoms with Crippen molar-refractivity contribution >= 4 is 23.6 Å². The summed E-state index contributed by atoms with van der Waals surface area (Å²) in [7, 11) is 1.88. The zero-order valence-corrected chi connectivity index (χ0v) is 15.5. The van der Waals surface area contributed by atoms with E-state index in [1.807, 2.05) is 23.7 Å². The van der Waals surface area contributed by atoms with Gasteiger partial charge in [-0.2, -0.15) is 0 Å². The van der Waals surface area contributed by atoms with Crippen molar-refractivity contribution in [1.29, 1.82) is 0 Å². The highest BCUT2D eigenvalue weighted by Gasteiger charge is 2.11. The third-order valence-corrected chi connectivity index (χ3v) is 4.66. The van der Waals surface area contributed by atoms with Gasteiger partial charge in [0.15, 0.2) is 5.16 Å². The van der Waals surface area contributed by atoms with Gasteiger partial charge in [-0.25, -0.2) is 4.98 Å². The molecule has 9 nitrogen and oxygen atoms in total. The van der Waals surface area contributed by atoms with E-state index in [1.54, 1.807) is 37.1 Å². The molecule has 138 valence electrons. The molecule has 0 aliphatic rings. The van der Waals surface area contributed by atoms with Gasteiger partial charge in [0, 0.05) is 24.6 Å². The maximum Gasteiger partial charge on any atom is 0.289 e. The van der Waals surface area contributed by atoms with Gasteiger partial charge in [-0.1, -0.05) is 23.9 Å². The van der Waals surface area contributed by atoms with Gasteiger partial charge >= 0.3 is 0 Å². The summed E-state index contributed by atoms with van der Waals surface area (Å²) >= 11 is 1.55. The second kappa shape index (κ2) is 8.41. The predicted molar refractivity (Wildman–Crippen MR) is 98.7 cm³/mol. The summed E-state index contributed by atoms with van der Waals surface area (Å²) in [5.74, 6) is -0.250. The Hall–Kier alpha value is -3.27. The van der Waals surface area contributed by atoms with Crippen LogP contribution in [0.4, 0.5) is 0 Å². The fraction of sp³-hybridized carbons (Fsp3) is 0.176. The molecule has 0 aliphatic heterocycles. The topological polar surface area (TPSA) is 115 Å². The summed E-state index contributed by atoms with van der Waals surface area (Å²) in [5, 5.41) is 8.66. The Labute approximate surface area is 159 Å². The quantitative estimate of drug-likeness (QED) is 0.504. The minimum atomic E-state index is -0.535. The Kier molecular flexibility index (Phi) is 5.77. The number of aryl methyl sites for hydroxylation is 2. The third kappa shape index (κ3) is 4.88. The summed E-state index contributed by atoms with van der Waals surface area (Å²) in [5.41, 5.74) is 6.97. The molecule has 2 amide bonds. The number of hydrogen-bond acceptors (Lipinski definition) is 7. The van der Waals surface area contributed by atoms with Crippen LogP contribution in [-0.2, 0) is 12.8 Å². The van der Waals surface area contributed by atoms with Crippen molar-refractivity contribution in [2.24, 2.45) is 7.05 Å². The number of aromatic nitrogens is 5. The Morgan fingerprint density at radius 2 is 1.81 bits per heavy atom. The van der Waals surface area contributed by atoms with E-state index in [4.69, 9.17) is 0 Å². The first-order chi connectivity index (χ1) is 13.0. The van der Waals surface area contributed by atoms with Gasteiger partial charge in [-0.3, -0.25) is 25.4 Å². The lowest BCUT2D eigenvalue weighted by molar-refractivity contribution is 0.0843. The van der Waals surface area contributed by atoms with Crippen LogP contribution in [0.25, 0.3) is 0 Å². The number of rotatable bonds is 5. The van der Waals surface area contributed by atoms with Gasteiger partial charge < -0.3 is 4.57 Å². The van der Waals surface area contributed by atoms with Crippen LogP contribution in [0, 0.1) is 6.92 Å². The minimum absolute atomic E-state index is 0.122. The molecule has 2 aromatic heterocycles. The summed E-state index contributed by atoms with van der Waals surface area (Å²) in [6, 6.07) is 7.09. The molecule has 0 bridgehead atoms. The first-order valence-corrected chi connectivity index (χ1v) is 8.96. The van der Waals surface area contributed by atoms with E-state index in [0.717, 1.165) is 10.7 Å². The van der Waals surface area contributed by atoms with Crippen molar-refractivity contribution in [2.75, 3.05) is 0 Å². The number of thioether (sulfide) groups is 1. The van der Waals surface area contributed by atoms with Crippen LogP contribution in [0.3, 0.4) is 0 Å². The van der Waals surface area contributed by atoms with Gasteiger partial charge in [-0.05, 0) is 24.6 Å². The summed E-state index contributed by atoms with van der Waals surface area (Å²) in [6.45, 7) is 1.77. The molecular formula is C17H17N7O2S. The maximum absolute atomic E-state index is 12.1. The number of nitrogens with zero attached hydrogens (tertiary/aromatic N) is 5. The Bertz CT molecular complexity index is 939. The molecule has 0 aliphatic carbocycles. The second-order valence-electron chi connectivity index (χ2n) is 5.66. The SMILES string of the molecule is Cc1cnc(C(=O)NNC(=O)c2ccc(CSc3nncn3C)cc2)cn1. The Morgan fingerprint density at radius 3 is 2.44 bits per heavy atom. The van der Waals surface area contributed by atoms with Gasteiger partial charge in [0.25, 0.3) is 11.8 Å². The zero-order chi connectivity index (χ0) is 19.2. The molecular weight excluding hydrogens is 366 g/mol. The maximum atomic E-state index is 12.1. The number of amides is 2. The van der Waals surface area contributed by atoms with Crippen molar-refractivity contribution in [3.8, 4) is 0 Å². The molecule has 0 spiro atoms. The lowest BCUT2D eigenvalue weighted by atomic mass is 10.1. The fourth-order valence-electron chi connectivity index (χ4n) is 2.06. The van der Waals surface area contributed by atoms with Crippen molar-refractivity contribution in [3.05, 3.63) is 65.5 Å².